The van der Waals surface area contributed by atoms with E-state index in [1.807, 2.05) is 24.0 Å². The third-order valence-electron chi connectivity index (χ3n) is 6.26. The molecule has 1 atom stereocenters. The summed E-state index contributed by atoms with van der Waals surface area (Å²) in [6.07, 6.45) is 4.13. The fourth-order valence-electron chi connectivity index (χ4n) is 4.12. The molecule has 8 nitrogen and oxygen atoms in total. The molecule has 1 saturated carbocycles. The number of benzene rings is 1. The third kappa shape index (κ3) is 5.07. The van der Waals surface area contributed by atoms with Crippen LogP contribution < -0.4 is 11.1 Å². The predicted octanol–water partition coefficient (Wildman–Crippen LogP) is 2.10. The van der Waals surface area contributed by atoms with Crippen molar-refractivity contribution in [2.45, 2.75) is 51.0 Å². The molecule has 166 valence electrons. The molecule has 1 aromatic heterocycles. The van der Waals surface area contributed by atoms with E-state index in [4.69, 9.17) is 10.3 Å². The van der Waals surface area contributed by atoms with Gasteiger partial charge >= 0.3 is 0 Å². The molecule has 2 amide bonds. The maximum absolute atomic E-state index is 13.0. The van der Waals surface area contributed by atoms with E-state index in [-0.39, 0.29) is 36.1 Å². The number of likely N-dealkylation sites (tertiary alicyclic amines) is 1. The molecule has 1 saturated heterocycles. The van der Waals surface area contributed by atoms with Crippen LogP contribution in [0.15, 0.2) is 28.8 Å². The lowest BCUT2D eigenvalue weighted by Crippen LogP contribution is -2.49. The highest BCUT2D eigenvalue weighted by molar-refractivity contribution is 5.92. The van der Waals surface area contributed by atoms with E-state index < -0.39 is 0 Å². The van der Waals surface area contributed by atoms with Gasteiger partial charge in [0.05, 0.1) is 5.92 Å². The van der Waals surface area contributed by atoms with Gasteiger partial charge in [-0.15, -0.1) is 0 Å². The number of amides is 2. The van der Waals surface area contributed by atoms with Crippen LogP contribution in [0, 0.1) is 12.8 Å². The normalized spacial score (nSPS) is 18.1. The first kappa shape index (κ1) is 21.4. The number of piperidine rings is 1. The second-order valence-corrected chi connectivity index (χ2v) is 8.72. The minimum absolute atomic E-state index is 0.00806. The van der Waals surface area contributed by atoms with Gasteiger partial charge in [0.1, 0.15) is 11.5 Å². The Morgan fingerprint density at radius 1 is 1.26 bits per heavy atom. The molecule has 1 aliphatic carbocycles. The van der Waals surface area contributed by atoms with Gasteiger partial charge in [-0.05, 0) is 56.2 Å². The van der Waals surface area contributed by atoms with Crippen LogP contribution in [-0.2, 0) is 11.2 Å². The number of hydrogen-bond acceptors (Lipinski definition) is 6. The molecule has 4 rings (SSSR count). The summed E-state index contributed by atoms with van der Waals surface area (Å²) in [7, 11) is 0. The zero-order chi connectivity index (χ0) is 22.0. The van der Waals surface area contributed by atoms with Gasteiger partial charge in [-0.1, -0.05) is 17.3 Å². The van der Waals surface area contributed by atoms with Crippen LogP contribution in [-0.4, -0.2) is 52.7 Å². The van der Waals surface area contributed by atoms with E-state index in [1.165, 1.54) is 0 Å². The highest BCUT2D eigenvalue weighted by atomic mass is 16.5. The highest BCUT2D eigenvalue weighted by Crippen LogP contribution is 2.40. The number of aromatic nitrogens is 1. The predicted molar refractivity (Wildman–Crippen MR) is 115 cm³/mol. The van der Waals surface area contributed by atoms with Crippen molar-refractivity contribution in [3.05, 3.63) is 46.8 Å². The Kier molecular flexibility index (Phi) is 6.27. The first-order chi connectivity index (χ1) is 14.9. The van der Waals surface area contributed by atoms with E-state index >= 15 is 0 Å². The van der Waals surface area contributed by atoms with Crippen molar-refractivity contribution in [1.29, 1.82) is 0 Å². The number of aryl methyl sites for hydroxylation is 1. The number of carbonyl (C=O) groups is 2. The summed E-state index contributed by atoms with van der Waals surface area (Å²) in [6.45, 7) is 3.27. The summed E-state index contributed by atoms with van der Waals surface area (Å²) in [5, 5.41) is 16.6. The molecule has 2 aromatic rings. The molecule has 1 aliphatic heterocycles. The topological polar surface area (TPSA) is 122 Å². The van der Waals surface area contributed by atoms with Gasteiger partial charge in [0.2, 0.25) is 5.91 Å². The average Bonchev–Trinajstić information content (AvgIpc) is 3.50. The van der Waals surface area contributed by atoms with Crippen molar-refractivity contribution < 1.29 is 19.2 Å². The molecular weight excluding hydrogens is 396 g/mol. The molecule has 1 aromatic carbocycles. The molecule has 0 spiro atoms. The number of phenolic OH excluding ortho intramolecular Hbond substituents is 1. The van der Waals surface area contributed by atoms with Crippen LogP contribution >= 0.6 is 0 Å². The van der Waals surface area contributed by atoms with Crippen LogP contribution in [0.5, 0.6) is 5.75 Å². The van der Waals surface area contributed by atoms with Gasteiger partial charge in [-0.3, -0.25) is 9.59 Å². The second kappa shape index (κ2) is 9.09. The lowest BCUT2D eigenvalue weighted by molar-refractivity contribution is -0.136. The SMILES string of the molecule is Cc1cc(C[C@@H](CN)C(=O)N2CCC(NC(=O)c3cc(C4CC4)on3)CC2)ccc1O. The van der Waals surface area contributed by atoms with Crippen LogP contribution in [0.3, 0.4) is 0 Å². The molecule has 2 heterocycles. The molecule has 0 unspecified atom stereocenters. The minimum atomic E-state index is -0.300. The Morgan fingerprint density at radius 2 is 2.00 bits per heavy atom. The lowest BCUT2D eigenvalue weighted by Gasteiger charge is -2.34. The largest absolute Gasteiger partial charge is 0.508 e. The van der Waals surface area contributed by atoms with Crippen molar-refractivity contribution in [2.24, 2.45) is 11.7 Å². The zero-order valence-electron chi connectivity index (χ0n) is 17.8. The van der Waals surface area contributed by atoms with E-state index in [0.29, 0.717) is 44.0 Å². The van der Waals surface area contributed by atoms with Gasteiger partial charge in [0.25, 0.3) is 5.91 Å². The van der Waals surface area contributed by atoms with E-state index in [1.54, 1.807) is 12.1 Å². The van der Waals surface area contributed by atoms with Gasteiger partial charge < -0.3 is 25.6 Å². The molecule has 8 heteroatoms. The summed E-state index contributed by atoms with van der Waals surface area (Å²) in [5.41, 5.74) is 8.01. The monoisotopic (exact) mass is 426 g/mol. The van der Waals surface area contributed by atoms with Gasteiger partial charge in [0.15, 0.2) is 5.69 Å². The molecule has 31 heavy (non-hydrogen) atoms. The Morgan fingerprint density at radius 3 is 2.65 bits per heavy atom. The van der Waals surface area contributed by atoms with Gasteiger partial charge in [-0.25, -0.2) is 0 Å². The summed E-state index contributed by atoms with van der Waals surface area (Å²) in [6, 6.07) is 7.13. The Labute approximate surface area is 181 Å². The highest BCUT2D eigenvalue weighted by Gasteiger charge is 2.31. The van der Waals surface area contributed by atoms with Crippen LogP contribution in [0.4, 0.5) is 0 Å². The number of rotatable bonds is 7. The number of nitrogens with zero attached hydrogens (tertiary/aromatic N) is 2. The van der Waals surface area contributed by atoms with Crippen molar-refractivity contribution in [3.63, 3.8) is 0 Å². The summed E-state index contributed by atoms with van der Waals surface area (Å²) < 4.78 is 5.26. The zero-order valence-corrected chi connectivity index (χ0v) is 17.8. The Bertz CT molecular complexity index is 945. The van der Waals surface area contributed by atoms with Crippen molar-refractivity contribution in [2.75, 3.05) is 19.6 Å². The van der Waals surface area contributed by atoms with Crippen molar-refractivity contribution >= 4 is 11.8 Å². The molecule has 2 aliphatic rings. The van der Waals surface area contributed by atoms with Crippen LogP contribution in [0.25, 0.3) is 0 Å². The summed E-state index contributed by atoms with van der Waals surface area (Å²) in [5.74, 6) is 0.988. The van der Waals surface area contributed by atoms with E-state index in [9.17, 15) is 14.7 Å². The maximum atomic E-state index is 13.0. The Hall–Kier alpha value is -2.87. The number of phenols is 1. The van der Waals surface area contributed by atoms with Crippen LogP contribution in [0.2, 0.25) is 0 Å². The molecule has 2 fully saturated rings. The van der Waals surface area contributed by atoms with Crippen LogP contribution in [0.1, 0.15) is 59.0 Å². The number of hydrogen-bond donors (Lipinski definition) is 3. The fraction of sp³-hybridized carbons (Fsp3) is 0.522. The molecule has 0 radical (unpaired) electrons. The second-order valence-electron chi connectivity index (χ2n) is 8.72. The summed E-state index contributed by atoms with van der Waals surface area (Å²) in [4.78, 5) is 27.3. The fourth-order valence-corrected chi connectivity index (χ4v) is 4.12. The van der Waals surface area contributed by atoms with E-state index in [2.05, 4.69) is 10.5 Å². The number of aromatic hydroxyl groups is 1. The average molecular weight is 427 g/mol. The van der Waals surface area contributed by atoms with Crippen molar-refractivity contribution in [3.8, 4) is 5.75 Å². The Balaban J connectivity index is 1.27. The first-order valence-electron chi connectivity index (χ1n) is 11.0. The van der Waals surface area contributed by atoms with Crippen molar-refractivity contribution in [1.82, 2.24) is 15.4 Å². The number of nitrogens with one attached hydrogen (secondary N) is 1. The quantitative estimate of drug-likeness (QED) is 0.623. The molecule has 0 bridgehead atoms. The standard InChI is InChI=1S/C23H30N4O4/c1-14-10-15(2-5-20(14)28)11-17(13-24)23(30)27-8-6-18(7-9-27)25-22(29)19-12-21(31-26-19)16-3-4-16/h2,5,10,12,16-18,28H,3-4,6-9,11,13,24H2,1H3,(H,25,29)/t17-/m0/s1. The summed E-state index contributed by atoms with van der Waals surface area (Å²) >= 11 is 0. The van der Waals surface area contributed by atoms with E-state index in [0.717, 1.165) is 29.7 Å². The number of carbonyl (C=O) groups excluding carboxylic acids is 2. The minimum Gasteiger partial charge on any atom is -0.508 e. The van der Waals surface area contributed by atoms with Gasteiger partial charge in [0, 0.05) is 37.7 Å². The molecular formula is C23H30N4O4. The smallest absolute Gasteiger partial charge is 0.273 e. The lowest BCUT2D eigenvalue weighted by atomic mass is 9.95. The maximum Gasteiger partial charge on any atom is 0.273 e. The first-order valence-corrected chi connectivity index (χ1v) is 11.0. The van der Waals surface area contributed by atoms with Gasteiger partial charge in [-0.2, -0.15) is 0 Å². The molecule has 4 N–H and O–H groups in total. The third-order valence-corrected chi connectivity index (χ3v) is 6.26. The number of nitrogens with two attached hydrogens (primary N) is 1.